The first-order chi connectivity index (χ1) is 30.8. The Kier molecular flexibility index (Phi) is 6.77. The summed E-state index contributed by atoms with van der Waals surface area (Å²) in [5.41, 5.74) is 14.4. The maximum absolute atomic E-state index is 5.91. The van der Waals surface area contributed by atoms with E-state index in [0.717, 1.165) is 67.2 Å². The summed E-state index contributed by atoms with van der Waals surface area (Å²) in [6.45, 7) is 0. The van der Waals surface area contributed by atoms with E-state index in [9.17, 15) is 0 Å². The van der Waals surface area contributed by atoms with Crippen LogP contribution in [0.25, 0.3) is 87.2 Å². The zero-order chi connectivity index (χ0) is 40.5. The number of nitrogens with zero attached hydrogens (tertiary/aromatic N) is 5. The molecule has 9 aromatic carbocycles. The SMILES string of the molecule is c1ccc(N(c2ccccc2)c2cccc3c4cc5ccccc5c5c6nc7c(cc6n(c23)c45)c2cccc3c4cccc(N(c5ccccc5)c5ccccc5)c4n7c23)cc1. The Morgan fingerprint density at radius 3 is 1.32 bits per heavy atom. The molecule has 5 heteroatoms. The second-order valence-corrected chi connectivity index (χ2v) is 16.3. The predicted octanol–water partition coefficient (Wildman–Crippen LogP) is 15.5. The van der Waals surface area contributed by atoms with Crippen LogP contribution in [0.1, 0.15) is 0 Å². The molecule has 14 aromatic rings. The lowest BCUT2D eigenvalue weighted by Crippen LogP contribution is -2.10. The number of para-hydroxylation sites is 7. The van der Waals surface area contributed by atoms with Crippen molar-refractivity contribution in [2.45, 2.75) is 0 Å². The third-order valence-corrected chi connectivity index (χ3v) is 13.1. The highest BCUT2D eigenvalue weighted by atomic mass is 15.2. The summed E-state index contributed by atoms with van der Waals surface area (Å²) in [6.07, 6.45) is 0. The van der Waals surface area contributed by atoms with Crippen LogP contribution in [0.2, 0.25) is 0 Å². The Morgan fingerprint density at radius 1 is 0.323 bits per heavy atom. The summed E-state index contributed by atoms with van der Waals surface area (Å²) in [5.74, 6) is 0. The number of aromatic nitrogens is 3. The second kappa shape index (κ2) is 12.6. The molecule has 0 amide bonds. The third-order valence-electron chi connectivity index (χ3n) is 13.1. The summed E-state index contributed by atoms with van der Waals surface area (Å²) < 4.78 is 4.98. The van der Waals surface area contributed by atoms with Gasteiger partial charge in [0, 0.05) is 60.5 Å². The highest BCUT2D eigenvalue weighted by Gasteiger charge is 2.28. The monoisotopic (exact) mass is 789 g/mol. The molecule has 0 saturated carbocycles. The van der Waals surface area contributed by atoms with Crippen molar-refractivity contribution in [2.75, 3.05) is 9.80 Å². The van der Waals surface area contributed by atoms with Crippen molar-refractivity contribution >= 4 is 121 Å². The number of anilines is 6. The van der Waals surface area contributed by atoms with Gasteiger partial charge in [0.25, 0.3) is 0 Å². The lowest BCUT2D eigenvalue weighted by Gasteiger charge is -2.26. The lowest BCUT2D eigenvalue weighted by atomic mass is 10.0. The molecule has 5 aromatic heterocycles. The van der Waals surface area contributed by atoms with Crippen LogP contribution in [-0.2, 0) is 0 Å². The van der Waals surface area contributed by atoms with E-state index in [1.54, 1.807) is 0 Å². The smallest absolute Gasteiger partial charge is 0.146 e. The van der Waals surface area contributed by atoms with E-state index in [4.69, 9.17) is 4.98 Å². The van der Waals surface area contributed by atoms with Crippen LogP contribution in [0.3, 0.4) is 0 Å². The molecule has 0 aliphatic carbocycles. The molecule has 62 heavy (non-hydrogen) atoms. The molecule has 14 rings (SSSR count). The molecule has 0 aliphatic heterocycles. The van der Waals surface area contributed by atoms with Crippen LogP contribution in [0, 0.1) is 0 Å². The van der Waals surface area contributed by atoms with Crippen LogP contribution in [0.15, 0.2) is 212 Å². The normalized spacial score (nSPS) is 12.2. The van der Waals surface area contributed by atoms with Gasteiger partial charge < -0.3 is 14.2 Å². The fraction of sp³-hybridized carbons (Fsp3) is 0. The molecule has 0 fully saturated rings. The molecule has 0 atom stereocenters. The van der Waals surface area contributed by atoms with Crippen LogP contribution in [0.5, 0.6) is 0 Å². The minimum Gasteiger partial charge on any atom is -0.308 e. The Bertz CT molecular complexity index is 3950. The number of hydrogen-bond acceptors (Lipinski definition) is 3. The van der Waals surface area contributed by atoms with Gasteiger partial charge >= 0.3 is 0 Å². The maximum atomic E-state index is 5.91. The van der Waals surface area contributed by atoms with Gasteiger partial charge in [-0.1, -0.05) is 140 Å². The van der Waals surface area contributed by atoms with E-state index in [2.05, 4.69) is 231 Å². The summed E-state index contributed by atoms with van der Waals surface area (Å²) in [7, 11) is 0. The highest BCUT2D eigenvalue weighted by Crippen LogP contribution is 2.50. The number of hydrogen-bond donors (Lipinski definition) is 0. The Labute approximate surface area is 355 Å². The molecule has 0 saturated heterocycles. The lowest BCUT2D eigenvalue weighted by molar-refractivity contribution is 1.25. The van der Waals surface area contributed by atoms with E-state index in [1.807, 2.05) is 0 Å². The van der Waals surface area contributed by atoms with Crippen molar-refractivity contribution in [3.8, 4) is 0 Å². The molecular formula is C57H35N5. The van der Waals surface area contributed by atoms with Crippen molar-refractivity contribution in [2.24, 2.45) is 0 Å². The van der Waals surface area contributed by atoms with Gasteiger partial charge in [0.1, 0.15) is 5.65 Å². The Morgan fingerprint density at radius 2 is 0.758 bits per heavy atom. The molecule has 0 unspecified atom stereocenters. The molecule has 0 radical (unpaired) electrons. The standard InChI is InChI=1S/C57H35N5/c1-5-19-37(20-6-1)59(38-21-7-2-8-22-38)48-32-17-31-44-46-34-36-18-13-14-27-41(36)51-52-50(61(54(44)48)56(46)51)35-47-45-29-15-28-42-43-30-16-33-49(55(43)62(53(42)45)57(47)58-52)60(39-23-9-3-10-24-39)40-25-11-4-12-26-40/h1-35H. The van der Waals surface area contributed by atoms with Crippen LogP contribution in [-0.4, -0.2) is 13.8 Å². The maximum Gasteiger partial charge on any atom is 0.146 e. The Hall–Kier alpha value is -8.41. The van der Waals surface area contributed by atoms with Gasteiger partial charge in [0.05, 0.1) is 44.5 Å². The zero-order valence-corrected chi connectivity index (χ0v) is 33.4. The number of pyridine rings is 1. The number of fused-ring (bicyclic) bond motifs is 14. The molecule has 0 spiro atoms. The van der Waals surface area contributed by atoms with E-state index in [0.29, 0.717) is 0 Å². The summed E-state index contributed by atoms with van der Waals surface area (Å²) in [6, 6.07) is 76.8. The molecule has 0 aliphatic rings. The average molecular weight is 790 g/mol. The van der Waals surface area contributed by atoms with E-state index in [-0.39, 0.29) is 0 Å². The summed E-state index contributed by atoms with van der Waals surface area (Å²) in [5, 5.41) is 10.8. The first kappa shape index (κ1) is 33.4. The van der Waals surface area contributed by atoms with Crippen LogP contribution in [0.4, 0.5) is 34.1 Å². The molecule has 0 N–H and O–H groups in total. The fourth-order valence-electron chi connectivity index (χ4n) is 10.6. The topological polar surface area (TPSA) is 28.2 Å². The average Bonchev–Trinajstić information content (AvgIpc) is 4.06. The minimum atomic E-state index is 0.963. The van der Waals surface area contributed by atoms with Gasteiger partial charge in [-0.15, -0.1) is 0 Å². The number of benzene rings is 9. The minimum absolute atomic E-state index is 0.963. The van der Waals surface area contributed by atoms with Crippen molar-refractivity contribution < 1.29 is 0 Å². The van der Waals surface area contributed by atoms with Gasteiger partial charge in [0.15, 0.2) is 0 Å². The highest BCUT2D eigenvalue weighted by molar-refractivity contribution is 6.33. The molecule has 5 nitrogen and oxygen atoms in total. The first-order valence-electron chi connectivity index (χ1n) is 21.2. The van der Waals surface area contributed by atoms with Gasteiger partial charge in [0.2, 0.25) is 0 Å². The molecular weight excluding hydrogens is 755 g/mol. The van der Waals surface area contributed by atoms with Crippen molar-refractivity contribution in [1.29, 1.82) is 0 Å². The van der Waals surface area contributed by atoms with Crippen LogP contribution >= 0.6 is 0 Å². The molecule has 288 valence electrons. The number of rotatable bonds is 6. The quantitative estimate of drug-likeness (QED) is 0.168. The van der Waals surface area contributed by atoms with Gasteiger partial charge in [-0.3, -0.25) is 4.40 Å². The zero-order valence-electron chi connectivity index (χ0n) is 33.4. The summed E-state index contributed by atoms with van der Waals surface area (Å²) in [4.78, 5) is 10.7. The Balaban J connectivity index is 1.16. The van der Waals surface area contributed by atoms with Crippen molar-refractivity contribution in [3.05, 3.63) is 212 Å². The van der Waals surface area contributed by atoms with Crippen molar-refractivity contribution in [3.63, 3.8) is 0 Å². The van der Waals surface area contributed by atoms with Crippen molar-refractivity contribution in [1.82, 2.24) is 13.8 Å². The van der Waals surface area contributed by atoms with E-state index in [1.165, 1.54) is 54.1 Å². The fourth-order valence-corrected chi connectivity index (χ4v) is 10.6. The van der Waals surface area contributed by atoms with Gasteiger partial charge in [-0.05, 0) is 83.6 Å². The molecule has 5 heterocycles. The van der Waals surface area contributed by atoms with Gasteiger partial charge in [-0.25, -0.2) is 4.98 Å². The van der Waals surface area contributed by atoms with E-state index < -0.39 is 0 Å². The summed E-state index contributed by atoms with van der Waals surface area (Å²) >= 11 is 0. The first-order valence-corrected chi connectivity index (χ1v) is 21.2. The van der Waals surface area contributed by atoms with Crippen LogP contribution < -0.4 is 9.80 Å². The largest absolute Gasteiger partial charge is 0.308 e. The predicted molar refractivity (Wildman–Crippen MR) is 260 cm³/mol. The van der Waals surface area contributed by atoms with Gasteiger partial charge in [-0.2, -0.15) is 0 Å². The second-order valence-electron chi connectivity index (χ2n) is 16.3. The van der Waals surface area contributed by atoms with E-state index >= 15 is 0 Å². The molecule has 0 bridgehead atoms. The third kappa shape index (κ3) is 4.43.